The van der Waals surface area contributed by atoms with E-state index in [9.17, 15) is 4.79 Å². The van der Waals surface area contributed by atoms with E-state index in [0.717, 1.165) is 18.4 Å². The van der Waals surface area contributed by atoms with Gasteiger partial charge in [-0.3, -0.25) is 4.79 Å². The molecule has 0 saturated heterocycles. The Hall–Kier alpha value is -1.42. The van der Waals surface area contributed by atoms with Crippen molar-refractivity contribution in [1.29, 1.82) is 0 Å². The van der Waals surface area contributed by atoms with Crippen LogP contribution in [0.3, 0.4) is 0 Å². The summed E-state index contributed by atoms with van der Waals surface area (Å²) in [5, 5.41) is 2.82. The first-order chi connectivity index (χ1) is 9.72. The van der Waals surface area contributed by atoms with E-state index >= 15 is 0 Å². The molecule has 0 aliphatic heterocycles. The Kier molecular flexibility index (Phi) is 7.88. The predicted octanol–water partition coefficient (Wildman–Crippen LogP) is 3.12. The SMILES string of the molecule is CCCCOc1c(CNC(=O)CCCl)cccc1OC. The van der Waals surface area contributed by atoms with Gasteiger partial charge in [0.2, 0.25) is 5.91 Å². The van der Waals surface area contributed by atoms with Crippen molar-refractivity contribution < 1.29 is 14.3 Å². The van der Waals surface area contributed by atoms with Crippen LogP contribution in [0.1, 0.15) is 31.7 Å². The largest absolute Gasteiger partial charge is 0.493 e. The van der Waals surface area contributed by atoms with Gasteiger partial charge in [-0.1, -0.05) is 25.5 Å². The lowest BCUT2D eigenvalue weighted by atomic mass is 10.1. The number of hydrogen-bond donors (Lipinski definition) is 1. The summed E-state index contributed by atoms with van der Waals surface area (Å²) in [5.74, 6) is 1.64. The molecule has 0 aliphatic rings. The molecule has 1 rings (SSSR count). The smallest absolute Gasteiger partial charge is 0.221 e. The van der Waals surface area contributed by atoms with Gasteiger partial charge in [0, 0.05) is 24.4 Å². The van der Waals surface area contributed by atoms with Gasteiger partial charge in [0.25, 0.3) is 0 Å². The number of ether oxygens (including phenoxy) is 2. The molecule has 1 aromatic carbocycles. The molecule has 0 fully saturated rings. The fraction of sp³-hybridized carbons (Fsp3) is 0.533. The van der Waals surface area contributed by atoms with Gasteiger partial charge in [0.1, 0.15) is 0 Å². The highest BCUT2D eigenvalue weighted by molar-refractivity contribution is 6.18. The molecule has 1 amide bonds. The van der Waals surface area contributed by atoms with Gasteiger partial charge in [0.15, 0.2) is 11.5 Å². The average molecular weight is 300 g/mol. The van der Waals surface area contributed by atoms with Crippen molar-refractivity contribution in [2.24, 2.45) is 0 Å². The van der Waals surface area contributed by atoms with Crippen LogP contribution < -0.4 is 14.8 Å². The van der Waals surface area contributed by atoms with E-state index in [2.05, 4.69) is 12.2 Å². The molecule has 0 bridgehead atoms. The Morgan fingerprint density at radius 2 is 2.20 bits per heavy atom. The fourth-order valence-corrected chi connectivity index (χ4v) is 1.88. The molecule has 1 aromatic rings. The lowest BCUT2D eigenvalue weighted by molar-refractivity contribution is -0.120. The molecule has 0 aliphatic carbocycles. The standard InChI is InChI=1S/C15H22ClNO3/c1-3-4-10-20-15-12(6-5-7-13(15)19-2)11-17-14(18)8-9-16/h5-7H,3-4,8-11H2,1-2H3,(H,17,18). The number of unbranched alkanes of at least 4 members (excludes halogenated alkanes) is 1. The van der Waals surface area contributed by atoms with Crippen molar-refractivity contribution in [3.63, 3.8) is 0 Å². The van der Waals surface area contributed by atoms with Gasteiger partial charge in [-0.15, -0.1) is 11.6 Å². The van der Waals surface area contributed by atoms with E-state index in [0.29, 0.717) is 37.0 Å². The number of alkyl halides is 1. The molecule has 0 aromatic heterocycles. The Balaban J connectivity index is 2.74. The molecule has 0 atom stereocenters. The van der Waals surface area contributed by atoms with Gasteiger partial charge < -0.3 is 14.8 Å². The summed E-state index contributed by atoms with van der Waals surface area (Å²) >= 11 is 5.54. The summed E-state index contributed by atoms with van der Waals surface area (Å²) in [4.78, 5) is 11.5. The molecule has 4 nitrogen and oxygen atoms in total. The molecular weight excluding hydrogens is 278 g/mol. The number of hydrogen-bond acceptors (Lipinski definition) is 3. The third-order valence-electron chi connectivity index (χ3n) is 2.82. The molecular formula is C15H22ClNO3. The quantitative estimate of drug-likeness (QED) is 0.563. The topological polar surface area (TPSA) is 47.6 Å². The maximum absolute atomic E-state index is 11.5. The molecule has 0 spiro atoms. The minimum atomic E-state index is -0.0673. The Labute approximate surface area is 125 Å². The Bertz CT molecular complexity index is 424. The van der Waals surface area contributed by atoms with Crippen molar-refractivity contribution >= 4 is 17.5 Å². The fourth-order valence-electron chi connectivity index (χ4n) is 1.71. The molecule has 1 N–H and O–H groups in total. The monoisotopic (exact) mass is 299 g/mol. The van der Waals surface area contributed by atoms with Crippen LogP contribution in [0.25, 0.3) is 0 Å². The van der Waals surface area contributed by atoms with Crippen LogP contribution in [0.4, 0.5) is 0 Å². The third kappa shape index (κ3) is 5.29. The van der Waals surface area contributed by atoms with E-state index in [4.69, 9.17) is 21.1 Å². The summed E-state index contributed by atoms with van der Waals surface area (Å²) in [6, 6.07) is 5.66. The van der Waals surface area contributed by atoms with Crippen LogP contribution in [-0.2, 0) is 11.3 Å². The van der Waals surface area contributed by atoms with Gasteiger partial charge in [-0.25, -0.2) is 0 Å². The zero-order valence-electron chi connectivity index (χ0n) is 12.1. The van der Waals surface area contributed by atoms with E-state index in [-0.39, 0.29) is 5.91 Å². The molecule has 0 heterocycles. The molecule has 112 valence electrons. The zero-order valence-corrected chi connectivity index (χ0v) is 12.8. The number of carbonyl (C=O) groups is 1. The lowest BCUT2D eigenvalue weighted by Crippen LogP contribution is -2.23. The lowest BCUT2D eigenvalue weighted by Gasteiger charge is -2.15. The summed E-state index contributed by atoms with van der Waals surface area (Å²) in [6.07, 6.45) is 2.37. The molecule has 20 heavy (non-hydrogen) atoms. The maximum atomic E-state index is 11.5. The minimum Gasteiger partial charge on any atom is -0.493 e. The van der Waals surface area contributed by atoms with E-state index < -0.39 is 0 Å². The number of carbonyl (C=O) groups excluding carboxylic acids is 1. The molecule has 5 heteroatoms. The minimum absolute atomic E-state index is 0.0673. The number of amides is 1. The first-order valence-electron chi connectivity index (χ1n) is 6.84. The molecule has 0 radical (unpaired) electrons. The number of rotatable bonds is 9. The van der Waals surface area contributed by atoms with Crippen molar-refractivity contribution in [2.75, 3.05) is 19.6 Å². The maximum Gasteiger partial charge on any atom is 0.221 e. The second kappa shape index (κ2) is 9.48. The van der Waals surface area contributed by atoms with Gasteiger partial charge in [0.05, 0.1) is 13.7 Å². The van der Waals surface area contributed by atoms with Crippen LogP contribution in [0.2, 0.25) is 0 Å². The van der Waals surface area contributed by atoms with Crippen LogP contribution in [0.5, 0.6) is 11.5 Å². The van der Waals surface area contributed by atoms with E-state index in [1.165, 1.54) is 0 Å². The Morgan fingerprint density at radius 3 is 2.85 bits per heavy atom. The highest BCUT2D eigenvalue weighted by Gasteiger charge is 2.11. The van der Waals surface area contributed by atoms with Crippen LogP contribution in [-0.4, -0.2) is 25.5 Å². The van der Waals surface area contributed by atoms with Gasteiger partial charge in [-0.2, -0.15) is 0 Å². The van der Waals surface area contributed by atoms with Crippen molar-refractivity contribution in [3.05, 3.63) is 23.8 Å². The molecule has 0 unspecified atom stereocenters. The van der Waals surface area contributed by atoms with Gasteiger partial charge in [-0.05, 0) is 12.5 Å². The normalized spacial score (nSPS) is 10.2. The zero-order chi connectivity index (χ0) is 14.8. The first-order valence-corrected chi connectivity index (χ1v) is 7.37. The predicted molar refractivity (Wildman–Crippen MR) is 80.6 cm³/mol. The number of benzene rings is 1. The van der Waals surface area contributed by atoms with E-state index in [1.807, 2.05) is 18.2 Å². The number of nitrogens with one attached hydrogen (secondary N) is 1. The first kappa shape index (κ1) is 16.6. The summed E-state index contributed by atoms with van der Waals surface area (Å²) in [6.45, 7) is 3.16. The van der Waals surface area contributed by atoms with Crippen molar-refractivity contribution in [3.8, 4) is 11.5 Å². The summed E-state index contributed by atoms with van der Waals surface area (Å²) in [5.41, 5.74) is 0.906. The average Bonchev–Trinajstić information content (AvgIpc) is 2.46. The second-order valence-corrected chi connectivity index (χ2v) is 4.74. The van der Waals surface area contributed by atoms with Crippen LogP contribution in [0, 0.1) is 0 Å². The van der Waals surface area contributed by atoms with Gasteiger partial charge >= 0.3 is 0 Å². The number of methoxy groups -OCH3 is 1. The van der Waals surface area contributed by atoms with Crippen LogP contribution >= 0.6 is 11.6 Å². The summed E-state index contributed by atoms with van der Waals surface area (Å²) in [7, 11) is 1.61. The van der Waals surface area contributed by atoms with Crippen LogP contribution in [0.15, 0.2) is 18.2 Å². The highest BCUT2D eigenvalue weighted by Crippen LogP contribution is 2.31. The number of para-hydroxylation sites is 1. The summed E-state index contributed by atoms with van der Waals surface area (Å²) < 4.78 is 11.1. The Morgan fingerprint density at radius 1 is 1.40 bits per heavy atom. The van der Waals surface area contributed by atoms with Crippen molar-refractivity contribution in [2.45, 2.75) is 32.7 Å². The second-order valence-electron chi connectivity index (χ2n) is 4.37. The number of halogens is 1. The van der Waals surface area contributed by atoms with Crippen molar-refractivity contribution in [1.82, 2.24) is 5.32 Å². The van der Waals surface area contributed by atoms with E-state index in [1.54, 1.807) is 7.11 Å². The highest BCUT2D eigenvalue weighted by atomic mass is 35.5. The third-order valence-corrected chi connectivity index (χ3v) is 3.01. The molecule has 0 saturated carbocycles.